The Morgan fingerprint density at radius 2 is 1.93 bits per heavy atom. The monoisotopic (exact) mass is 402 g/mol. The smallest absolute Gasteiger partial charge is 0.327 e. The van der Waals surface area contributed by atoms with E-state index in [4.69, 9.17) is 4.42 Å². The van der Waals surface area contributed by atoms with E-state index in [0.29, 0.717) is 11.0 Å². The van der Waals surface area contributed by atoms with Gasteiger partial charge in [-0.1, -0.05) is 32.1 Å². The van der Waals surface area contributed by atoms with Crippen LogP contribution in [0.4, 0.5) is 15.7 Å². The largest absolute Gasteiger partial charge is 0.441 e. The molecule has 3 heterocycles. The minimum absolute atomic E-state index is 0.0264. The lowest BCUT2D eigenvalue weighted by molar-refractivity contribution is 0.262. The van der Waals surface area contributed by atoms with E-state index < -0.39 is 17.3 Å². The summed E-state index contributed by atoms with van der Waals surface area (Å²) in [5.41, 5.74) is -1.46. The minimum Gasteiger partial charge on any atom is -0.441 e. The van der Waals surface area contributed by atoms with Crippen molar-refractivity contribution in [2.24, 2.45) is 0 Å². The third-order valence-electron chi connectivity index (χ3n) is 3.41. The van der Waals surface area contributed by atoms with Crippen LogP contribution in [0.25, 0.3) is 12.2 Å². The van der Waals surface area contributed by atoms with Crippen LogP contribution in [0.1, 0.15) is 37.3 Å². The van der Waals surface area contributed by atoms with Crippen LogP contribution >= 0.6 is 11.3 Å². The summed E-state index contributed by atoms with van der Waals surface area (Å²) in [6.45, 7) is 6.11. The van der Waals surface area contributed by atoms with Crippen molar-refractivity contribution in [1.82, 2.24) is 19.9 Å². The maximum Gasteiger partial charge on any atom is 0.327 e. The first-order valence-electron chi connectivity index (χ1n) is 8.21. The Morgan fingerprint density at radius 1 is 1.14 bits per heavy atom. The molecule has 28 heavy (non-hydrogen) atoms. The lowest BCUT2D eigenvalue weighted by Gasteiger charge is -2.12. The van der Waals surface area contributed by atoms with E-state index in [0.717, 1.165) is 16.7 Å². The molecule has 0 saturated heterocycles. The SMILES string of the molecule is CC(C)(C)c1cnc(C=Cc2cnc(NC(=O)Nc3cc(=O)[nH]c(=O)[nH]3)s2)o1. The van der Waals surface area contributed by atoms with Gasteiger partial charge in [-0.2, -0.15) is 0 Å². The molecule has 3 aromatic heterocycles. The molecule has 10 nitrogen and oxygen atoms in total. The number of aromatic amines is 2. The molecular weight excluding hydrogens is 384 g/mol. The van der Waals surface area contributed by atoms with E-state index in [1.807, 2.05) is 25.8 Å². The number of urea groups is 1. The number of amides is 2. The third-order valence-corrected chi connectivity index (χ3v) is 4.28. The second-order valence-corrected chi connectivity index (χ2v) is 7.86. The Balaban J connectivity index is 1.62. The van der Waals surface area contributed by atoms with Gasteiger partial charge in [0, 0.05) is 28.6 Å². The highest BCUT2D eigenvalue weighted by Gasteiger charge is 2.18. The molecule has 146 valence electrons. The number of hydrogen-bond donors (Lipinski definition) is 4. The van der Waals surface area contributed by atoms with Crippen LogP contribution in [0.2, 0.25) is 0 Å². The highest BCUT2D eigenvalue weighted by Crippen LogP contribution is 2.24. The summed E-state index contributed by atoms with van der Waals surface area (Å²) in [6.07, 6.45) is 6.77. The van der Waals surface area contributed by atoms with Crippen LogP contribution in [-0.4, -0.2) is 26.0 Å². The molecule has 0 fully saturated rings. The maximum atomic E-state index is 12.0. The zero-order valence-corrected chi connectivity index (χ0v) is 16.1. The second kappa shape index (κ2) is 7.64. The fourth-order valence-electron chi connectivity index (χ4n) is 2.07. The van der Waals surface area contributed by atoms with Gasteiger partial charge >= 0.3 is 11.7 Å². The molecule has 4 N–H and O–H groups in total. The van der Waals surface area contributed by atoms with Gasteiger partial charge in [0.05, 0.1) is 6.20 Å². The van der Waals surface area contributed by atoms with E-state index in [1.165, 1.54) is 11.3 Å². The molecule has 11 heteroatoms. The lowest BCUT2D eigenvalue weighted by atomic mass is 9.94. The molecule has 0 radical (unpaired) electrons. The van der Waals surface area contributed by atoms with Gasteiger partial charge in [0.1, 0.15) is 11.6 Å². The molecule has 0 saturated carbocycles. The van der Waals surface area contributed by atoms with Crippen molar-refractivity contribution in [2.75, 3.05) is 10.6 Å². The van der Waals surface area contributed by atoms with Crippen molar-refractivity contribution in [3.63, 3.8) is 0 Å². The average molecular weight is 402 g/mol. The summed E-state index contributed by atoms with van der Waals surface area (Å²) >= 11 is 1.23. The molecule has 0 aliphatic rings. The molecule has 0 aliphatic carbocycles. The summed E-state index contributed by atoms with van der Waals surface area (Å²) in [6, 6.07) is 0.410. The van der Waals surface area contributed by atoms with Crippen LogP contribution in [0.15, 0.2) is 32.5 Å². The first-order valence-corrected chi connectivity index (χ1v) is 9.02. The molecule has 0 aromatic carbocycles. The first kappa shape index (κ1) is 19.3. The molecule has 3 rings (SSSR count). The number of hydrogen-bond acceptors (Lipinski definition) is 7. The van der Waals surface area contributed by atoms with Gasteiger partial charge < -0.3 is 4.42 Å². The summed E-state index contributed by atoms with van der Waals surface area (Å²) in [5, 5.41) is 5.22. The van der Waals surface area contributed by atoms with Crippen molar-refractivity contribution in [3.05, 3.63) is 55.8 Å². The van der Waals surface area contributed by atoms with Crippen LogP contribution in [0.5, 0.6) is 0 Å². The number of nitrogens with zero attached hydrogens (tertiary/aromatic N) is 2. The van der Waals surface area contributed by atoms with E-state index in [2.05, 4.69) is 25.6 Å². The highest BCUT2D eigenvalue weighted by molar-refractivity contribution is 7.16. The first-order chi connectivity index (χ1) is 13.2. The van der Waals surface area contributed by atoms with E-state index >= 15 is 0 Å². The molecule has 0 unspecified atom stereocenters. The fraction of sp³-hybridized carbons (Fsp3) is 0.235. The number of anilines is 2. The topological polar surface area (TPSA) is 146 Å². The van der Waals surface area contributed by atoms with E-state index in [9.17, 15) is 14.4 Å². The van der Waals surface area contributed by atoms with Crippen molar-refractivity contribution in [1.29, 1.82) is 0 Å². The number of nitrogens with one attached hydrogen (secondary N) is 4. The normalized spacial score (nSPS) is 11.7. The lowest BCUT2D eigenvalue weighted by Crippen LogP contribution is -2.26. The van der Waals surface area contributed by atoms with Gasteiger partial charge in [0.15, 0.2) is 5.13 Å². The molecule has 3 aromatic rings. The summed E-state index contributed by atoms with van der Waals surface area (Å²) in [4.78, 5) is 47.7. The molecule has 2 amide bonds. The number of rotatable bonds is 4. The number of carbonyl (C=O) groups is 1. The minimum atomic E-state index is -0.717. The zero-order valence-electron chi connectivity index (χ0n) is 15.3. The van der Waals surface area contributed by atoms with Gasteiger partial charge in [0.25, 0.3) is 5.56 Å². The number of aromatic nitrogens is 4. The van der Waals surface area contributed by atoms with Crippen molar-refractivity contribution in [3.8, 4) is 0 Å². The van der Waals surface area contributed by atoms with E-state index in [-0.39, 0.29) is 11.2 Å². The fourth-order valence-corrected chi connectivity index (χ4v) is 2.79. The van der Waals surface area contributed by atoms with Gasteiger partial charge in [-0.25, -0.2) is 19.6 Å². The van der Waals surface area contributed by atoms with Crippen LogP contribution in [0.3, 0.4) is 0 Å². The Kier molecular flexibility index (Phi) is 5.27. The van der Waals surface area contributed by atoms with Crippen molar-refractivity contribution >= 4 is 40.5 Å². The average Bonchev–Trinajstić information content (AvgIpc) is 3.20. The van der Waals surface area contributed by atoms with Gasteiger partial charge in [0.2, 0.25) is 5.89 Å². The summed E-state index contributed by atoms with van der Waals surface area (Å²) in [5.74, 6) is 1.23. The molecule has 0 spiro atoms. The number of H-pyrrole nitrogens is 2. The van der Waals surface area contributed by atoms with E-state index in [1.54, 1.807) is 24.5 Å². The third kappa shape index (κ3) is 5.04. The summed E-state index contributed by atoms with van der Waals surface area (Å²) in [7, 11) is 0. The number of carbonyl (C=O) groups excluding carboxylic acids is 1. The molecule has 0 atom stereocenters. The standard InChI is InChI=1S/C17H18N6O4S/c1-17(2,3)10-8-18-13(27-10)5-4-9-7-19-16(28-9)23-15(26)21-11-6-12(24)22-14(25)20-11/h4-8H,1-3H3,(H4,19,20,21,22,23,24,25,26). The Labute approximate surface area is 162 Å². The molecule has 0 bridgehead atoms. The Bertz CT molecular complexity index is 1100. The van der Waals surface area contributed by atoms with Crippen molar-refractivity contribution < 1.29 is 9.21 Å². The van der Waals surface area contributed by atoms with Gasteiger partial charge in [-0.15, -0.1) is 0 Å². The van der Waals surface area contributed by atoms with Crippen LogP contribution < -0.4 is 21.9 Å². The van der Waals surface area contributed by atoms with Crippen LogP contribution in [0, 0.1) is 0 Å². The Morgan fingerprint density at radius 3 is 2.61 bits per heavy atom. The second-order valence-electron chi connectivity index (χ2n) is 6.79. The molecular formula is C17H18N6O4S. The van der Waals surface area contributed by atoms with Gasteiger partial charge in [-0.3, -0.25) is 25.4 Å². The van der Waals surface area contributed by atoms with Crippen LogP contribution in [-0.2, 0) is 5.41 Å². The zero-order chi connectivity index (χ0) is 20.3. The summed E-state index contributed by atoms with van der Waals surface area (Å²) < 4.78 is 5.68. The predicted molar refractivity (Wildman–Crippen MR) is 107 cm³/mol. The quantitative estimate of drug-likeness (QED) is 0.528. The predicted octanol–water partition coefficient (Wildman–Crippen LogP) is 2.62. The Hall–Kier alpha value is -3.47. The number of oxazole rings is 1. The maximum absolute atomic E-state index is 12.0. The number of thiazole rings is 1. The van der Waals surface area contributed by atoms with Crippen molar-refractivity contribution in [2.45, 2.75) is 26.2 Å². The van der Waals surface area contributed by atoms with Gasteiger partial charge in [-0.05, 0) is 6.08 Å². The molecule has 0 aliphatic heterocycles. The highest BCUT2D eigenvalue weighted by atomic mass is 32.1.